The van der Waals surface area contributed by atoms with Crippen LogP contribution < -0.4 is 10.6 Å². The number of anilines is 2. The molecule has 0 aliphatic heterocycles. The summed E-state index contributed by atoms with van der Waals surface area (Å²) >= 11 is 0. The maximum Gasteiger partial charge on any atom is 0.341 e. The van der Waals surface area contributed by atoms with Gasteiger partial charge in [0.25, 0.3) is 0 Å². The molecule has 0 saturated carbocycles. The van der Waals surface area contributed by atoms with Crippen molar-refractivity contribution < 1.29 is 29.6 Å². The summed E-state index contributed by atoms with van der Waals surface area (Å²) in [7, 11) is 0. The molecule has 44 heavy (non-hydrogen) atoms. The Labute approximate surface area is 256 Å². The van der Waals surface area contributed by atoms with Crippen LogP contribution in [0.25, 0.3) is 0 Å². The zero-order valence-corrected chi connectivity index (χ0v) is 25.1. The molecule has 0 fully saturated rings. The molecule has 0 bridgehead atoms. The number of phenols is 2. The highest BCUT2D eigenvalue weighted by Crippen LogP contribution is 2.14. The largest absolute Gasteiger partial charge is 0.508 e. The highest BCUT2D eigenvalue weighted by Gasteiger charge is 2.12. The molecule has 2 heterocycles. The summed E-state index contributed by atoms with van der Waals surface area (Å²) in [5.74, 6) is 0.0379. The first-order chi connectivity index (χ1) is 21.2. The molecule has 0 radical (unpaired) electrons. The first-order valence-electron chi connectivity index (χ1n) is 14.3. The molecule has 0 aliphatic carbocycles. The number of hydrogen-bond acceptors (Lipinski definition) is 11. The van der Waals surface area contributed by atoms with Gasteiger partial charge in [-0.1, -0.05) is 24.3 Å². The van der Waals surface area contributed by atoms with E-state index in [0.717, 1.165) is 36.8 Å². The number of carbonyl (C=O) groups excluding carboxylic acids is 1. The fourth-order valence-electron chi connectivity index (χ4n) is 4.13. The summed E-state index contributed by atoms with van der Waals surface area (Å²) in [6.45, 7) is 6.86. The van der Waals surface area contributed by atoms with Crippen molar-refractivity contribution in [2.24, 2.45) is 0 Å². The van der Waals surface area contributed by atoms with Gasteiger partial charge in [-0.15, -0.1) is 0 Å². The van der Waals surface area contributed by atoms with Crippen LogP contribution in [0.5, 0.6) is 11.5 Å². The van der Waals surface area contributed by atoms with Gasteiger partial charge in [-0.25, -0.2) is 29.5 Å². The minimum atomic E-state index is -1.03. The topological polar surface area (TPSA) is 180 Å². The number of esters is 1. The number of aromatic carboxylic acids is 1. The number of aromatic nitrogens is 4. The summed E-state index contributed by atoms with van der Waals surface area (Å²) in [5, 5.41) is 33.9. The monoisotopic (exact) mass is 602 g/mol. The van der Waals surface area contributed by atoms with E-state index < -0.39 is 11.9 Å². The van der Waals surface area contributed by atoms with Crippen molar-refractivity contribution in [3.8, 4) is 11.5 Å². The number of hydrogen-bond donors (Lipinski definition) is 5. The molecule has 0 unspecified atom stereocenters. The molecule has 2 aromatic heterocycles. The Morgan fingerprint density at radius 2 is 1.25 bits per heavy atom. The van der Waals surface area contributed by atoms with Gasteiger partial charge in [0, 0.05) is 25.5 Å². The van der Waals surface area contributed by atoms with Gasteiger partial charge in [0.15, 0.2) is 0 Å². The lowest BCUT2D eigenvalue weighted by Crippen LogP contribution is -2.12. The average Bonchev–Trinajstić information content (AvgIpc) is 2.98. The van der Waals surface area contributed by atoms with Crippen LogP contribution in [0.15, 0.2) is 60.9 Å². The zero-order chi connectivity index (χ0) is 31.9. The predicted molar refractivity (Wildman–Crippen MR) is 166 cm³/mol. The number of carbonyl (C=O) groups is 2. The maximum absolute atomic E-state index is 11.7. The van der Waals surface area contributed by atoms with Gasteiger partial charge in [-0.3, -0.25) is 0 Å². The number of aromatic hydroxyl groups is 2. The number of rotatable bonds is 13. The van der Waals surface area contributed by atoms with E-state index in [1.807, 2.05) is 24.3 Å². The second kappa shape index (κ2) is 17.0. The number of phenolic OH excluding ortho intramolecular Hbond substituents is 2. The number of ether oxygens (including phenoxy) is 1. The van der Waals surface area contributed by atoms with Crippen LogP contribution in [0.4, 0.5) is 11.9 Å². The van der Waals surface area contributed by atoms with E-state index in [9.17, 15) is 19.8 Å². The number of nitrogens with one attached hydrogen (secondary N) is 2. The van der Waals surface area contributed by atoms with Crippen LogP contribution in [0.3, 0.4) is 0 Å². The van der Waals surface area contributed by atoms with E-state index in [1.54, 1.807) is 45.0 Å². The van der Waals surface area contributed by atoms with Crippen LogP contribution in [0, 0.1) is 13.8 Å². The van der Waals surface area contributed by atoms with Gasteiger partial charge < -0.3 is 30.7 Å². The molecule has 4 aromatic rings. The minimum Gasteiger partial charge on any atom is -0.508 e. The number of aryl methyl sites for hydroxylation is 4. The second-order valence-corrected chi connectivity index (χ2v) is 9.81. The maximum atomic E-state index is 11.7. The third kappa shape index (κ3) is 10.9. The highest BCUT2D eigenvalue weighted by atomic mass is 16.5. The Kier molecular flexibility index (Phi) is 12.8. The van der Waals surface area contributed by atoms with E-state index in [1.165, 1.54) is 12.4 Å². The van der Waals surface area contributed by atoms with Crippen LogP contribution in [-0.2, 0) is 17.6 Å². The minimum absolute atomic E-state index is 0.111. The van der Waals surface area contributed by atoms with Crippen molar-refractivity contribution >= 4 is 23.8 Å². The third-order valence-electron chi connectivity index (χ3n) is 6.36. The lowest BCUT2D eigenvalue weighted by atomic mass is 10.1. The lowest BCUT2D eigenvalue weighted by molar-refractivity contribution is 0.0524. The number of nitrogens with zero attached hydrogens (tertiary/aromatic N) is 4. The van der Waals surface area contributed by atoms with Gasteiger partial charge in [0.05, 0.1) is 29.1 Å². The summed E-state index contributed by atoms with van der Waals surface area (Å²) < 4.78 is 4.95. The smallest absolute Gasteiger partial charge is 0.341 e. The molecule has 0 saturated heterocycles. The van der Waals surface area contributed by atoms with Crippen LogP contribution >= 0.6 is 0 Å². The van der Waals surface area contributed by atoms with Gasteiger partial charge >= 0.3 is 11.9 Å². The van der Waals surface area contributed by atoms with Gasteiger partial charge in [0.1, 0.15) is 11.5 Å². The van der Waals surface area contributed by atoms with Crippen molar-refractivity contribution in [2.45, 2.75) is 46.5 Å². The Hall–Kier alpha value is -5.26. The van der Waals surface area contributed by atoms with Crippen molar-refractivity contribution in [3.63, 3.8) is 0 Å². The predicted octanol–water partition coefficient (Wildman–Crippen LogP) is 4.95. The van der Waals surface area contributed by atoms with Gasteiger partial charge in [0.2, 0.25) is 11.9 Å². The Morgan fingerprint density at radius 1 is 0.773 bits per heavy atom. The molecule has 12 nitrogen and oxygen atoms in total. The van der Waals surface area contributed by atoms with E-state index in [4.69, 9.17) is 9.84 Å². The molecule has 0 amide bonds. The van der Waals surface area contributed by atoms with Crippen LogP contribution in [0.2, 0.25) is 0 Å². The normalized spacial score (nSPS) is 10.3. The first-order valence-corrected chi connectivity index (χ1v) is 14.3. The quantitative estimate of drug-likeness (QED) is 0.103. The fourth-order valence-corrected chi connectivity index (χ4v) is 4.13. The molecule has 0 spiro atoms. The summed E-state index contributed by atoms with van der Waals surface area (Å²) in [5.41, 5.74) is 3.68. The molecule has 5 N–H and O–H groups in total. The van der Waals surface area contributed by atoms with E-state index in [0.29, 0.717) is 48.5 Å². The highest BCUT2D eigenvalue weighted by molar-refractivity contribution is 5.90. The van der Waals surface area contributed by atoms with E-state index in [2.05, 4.69) is 30.6 Å². The molecule has 232 valence electrons. The number of carboxylic acids is 1. The van der Waals surface area contributed by atoms with Gasteiger partial charge in [-0.2, -0.15) is 0 Å². The van der Waals surface area contributed by atoms with Crippen molar-refractivity contribution in [1.82, 2.24) is 19.9 Å². The Balaban J connectivity index is 0.000000241. The van der Waals surface area contributed by atoms with Crippen molar-refractivity contribution in [2.75, 3.05) is 30.3 Å². The molecule has 2 aromatic carbocycles. The van der Waals surface area contributed by atoms with E-state index >= 15 is 0 Å². The molecular formula is C32H38N6O6. The SMILES string of the molecule is CCOC(=O)c1cnc(NCCCc2cccc(O)c2)nc1C.Cc1nc(NCCCc2cccc(O)c2)ncc1C(=O)O. The molecular weight excluding hydrogens is 564 g/mol. The van der Waals surface area contributed by atoms with Crippen molar-refractivity contribution in [1.29, 1.82) is 0 Å². The first kappa shape index (κ1) is 33.2. The lowest BCUT2D eigenvalue weighted by Gasteiger charge is -2.08. The summed E-state index contributed by atoms with van der Waals surface area (Å²) in [6.07, 6.45) is 6.20. The molecule has 0 aliphatic rings. The fraction of sp³-hybridized carbons (Fsp3) is 0.312. The molecule has 4 rings (SSSR count). The zero-order valence-electron chi connectivity index (χ0n) is 25.1. The standard InChI is InChI=1S/C17H21N3O3.C15H17N3O3/c1-3-23-16(22)15-11-19-17(20-12(15)2)18-9-5-7-13-6-4-8-14(21)10-13;1-10-13(14(20)21)9-17-15(18-10)16-7-3-5-11-4-2-6-12(19)8-11/h4,6,8,10-11,21H,3,5,7,9H2,1-2H3,(H,18,19,20);2,4,6,8-9,19H,3,5,7H2,1H3,(H,20,21)(H,16,17,18). The number of benzene rings is 2. The Morgan fingerprint density at radius 3 is 1.66 bits per heavy atom. The second-order valence-electron chi connectivity index (χ2n) is 9.81. The third-order valence-corrected chi connectivity index (χ3v) is 6.36. The average molecular weight is 603 g/mol. The molecule has 0 atom stereocenters. The van der Waals surface area contributed by atoms with Gasteiger partial charge in [-0.05, 0) is 81.8 Å². The summed E-state index contributed by atoms with van der Waals surface area (Å²) in [4.78, 5) is 39.0. The van der Waals surface area contributed by atoms with Crippen LogP contribution in [-0.4, -0.2) is 66.9 Å². The Bertz CT molecular complexity index is 1550. The molecule has 12 heteroatoms. The number of carboxylic acid groups (broad SMARTS) is 1. The summed E-state index contributed by atoms with van der Waals surface area (Å²) in [6, 6.07) is 14.4. The van der Waals surface area contributed by atoms with Crippen LogP contribution in [0.1, 0.15) is 63.0 Å². The van der Waals surface area contributed by atoms with Crippen molar-refractivity contribution in [3.05, 3.63) is 94.6 Å². The van der Waals surface area contributed by atoms with E-state index in [-0.39, 0.29) is 17.1 Å².